The number of rotatable bonds is 10. The first kappa shape index (κ1) is 29.2. The third-order valence-corrected chi connectivity index (χ3v) is 15.1. The molecule has 40 heavy (non-hydrogen) atoms. The Bertz CT molecular complexity index is 1450. The molecule has 2 aliphatic rings. The van der Waals surface area contributed by atoms with Crippen molar-refractivity contribution in [2.24, 2.45) is 5.92 Å². The molecule has 0 unspecified atom stereocenters. The molecule has 3 aromatic rings. The number of aryl methyl sites for hydroxylation is 1. The highest BCUT2D eigenvalue weighted by molar-refractivity contribution is 7.86. The molecular formula is C30H44N4O4SSi. The van der Waals surface area contributed by atoms with Gasteiger partial charge in [0, 0.05) is 18.3 Å². The molecule has 1 aromatic carbocycles. The van der Waals surface area contributed by atoms with Crippen LogP contribution >= 0.6 is 0 Å². The number of benzene rings is 1. The van der Waals surface area contributed by atoms with Crippen molar-refractivity contribution >= 4 is 35.3 Å². The van der Waals surface area contributed by atoms with Crippen molar-refractivity contribution in [3.63, 3.8) is 0 Å². The number of hydrogen-bond donors (Lipinski definition) is 1. The number of anilines is 1. The second-order valence-corrected chi connectivity index (χ2v) is 19.4. The zero-order valence-electron chi connectivity index (χ0n) is 24.7. The third kappa shape index (κ3) is 6.00. The molecule has 0 aliphatic heterocycles. The molecule has 0 spiro atoms. The van der Waals surface area contributed by atoms with E-state index in [0.29, 0.717) is 6.42 Å². The summed E-state index contributed by atoms with van der Waals surface area (Å²) in [7, 11) is -5.59. The summed E-state index contributed by atoms with van der Waals surface area (Å²) in [5.41, 5.74) is 3.65. The van der Waals surface area contributed by atoms with Gasteiger partial charge in [-0.15, -0.1) is 0 Å². The van der Waals surface area contributed by atoms with Crippen LogP contribution < -0.4 is 5.32 Å². The van der Waals surface area contributed by atoms with Gasteiger partial charge in [-0.3, -0.25) is 4.18 Å². The van der Waals surface area contributed by atoms with Crippen LogP contribution in [0.25, 0.3) is 11.0 Å². The van der Waals surface area contributed by atoms with Gasteiger partial charge in [0.25, 0.3) is 10.1 Å². The average Bonchev–Trinajstić information content (AvgIpc) is 3.59. The first-order chi connectivity index (χ1) is 18.9. The van der Waals surface area contributed by atoms with Crippen LogP contribution in [-0.4, -0.2) is 49.7 Å². The van der Waals surface area contributed by atoms with Gasteiger partial charge < -0.3 is 14.3 Å². The lowest BCUT2D eigenvalue weighted by Gasteiger charge is -2.40. The number of fused-ring (bicyclic) bond motifs is 2. The molecule has 0 saturated heterocycles. The molecule has 0 radical (unpaired) electrons. The van der Waals surface area contributed by atoms with Crippen LogP contribution in [0.3, 0.4) is 0 Å². The molecule has 0 bridgehead atoms. The number of hydrogen-bond acceptors (Lipinski definition) is 7. The van der Waals surface area contributed by atoms with E-state index in [-0.39, 0.29) is 41.5 Å². The van der Waals surface area contributed by atoms with Gasteiger partial charge in [0.05, 0.1) is 23.8 Å². The Morgan fingerprint density at radius 1 is 1.12 bits per heavy atom. The maximum absolute atomic E-state index is 12.4. The first-order valence-electron chi connectivity index (χ1n) is 14.6. The lowest BCUT2D eigenvalue weighted by molar-refractivity contribution is 0.137. The van der Waals surface area contributed by atoms with Crippen molar-refractivity contribution in [1.29, 1.82) is 0 Å². The number of nitrogens with one attached hydrogen (secondary N) is 1. The summed E-state index contributed by atoms with van der Waals surface area (Å²) >= 11 is 0. The molecule has 0 amide bonds. The molecular weight excluding hydrogens is 541 g/mol. The summed E-state index contributed by atoms with van der Waals surface area (Å²) in [5, 5.41) is 4.77. The van der Waals surface area contributed by atoms with Crippen molar-refractivity contribution in [2.75, 3.05) is 17.7 Å². The molecule has 4 atom stereocenters. The number of nitrogens with zero attached hydrogens (tertiary/aromatic N) is 3. The van der Waals surface area contributed by atoms with E-state index in [0.717, 1.165) is 42.5 Å². The minimum atomic E-state index is -3.54. The van der Waals surface area contributed by atoms with E-state index in [1.54, 1.807) is 13.3 Å². The number of aromatic nitrogens is 3. The molecule has 2 aliphatic carbocycles. The normalized spacial score (nSPS) is 23.6. The van der Waals surface area contributed by atoms with Gasteiger partial charge in [-0.05, 0) is 80.3 Å². The van der Waals surface area contributed by atoms with Crippen molar-refractivity contribution in [1.82, 2.24) is 14.5 Å². The summed E-state index contributed by atoms with van der Waals surface area (Å²) in [5.74, 6) is 0.999. The van der Waals surface area contributed by atoms with Crippen LogP contribution in [0.4, 0.5) is 5.82 Å². The highest BCUT2D eigenvalue weighted by Gasteiger charge is 2.44. The Kier molecular flexibility index (Phi) is 8.18. The average molecular weight is 585 g/mol. The van der Waals surface area contributed by atoms with Crippen molar-refractivity contribution in [3.05, 3.63) is 54.0 Å². The summed E-state index contributed by atoms with van der Waals surface area (Å²) in [6.07, 6.45) is 8.07. The standard InChI is InChI=1S/C30H44N4O4SSi/c1-7-37-39(35,36)17-15-22-18-23(19-27(22)38-40(5,6)30(2,3)4)34-16-14-25-28(31-20-32-29(25)34)33-26-13-12-21-10-8-9-11-24(21)26/h8-11,14,16,20,22-23,26-27H,7,12-13,15,17-19H2,1-6H3,(H,31,32,33)/t22-,23-,26+,27+/m1/s1. The highest BCUT2D eigenvalue weighted by Crippen LogP contribution is 2.45. The van der Waals surface area contributed by atoms with E-state index < -0.39 is 18.4 Å². The van der Waals surface area contributed by atoms with Crippen LogP contribution in [-0.2, 0) is 25.1 Å². The predicted molar refractivity (Wildman–Crippen MR) is 163 cm³/mol. The van der Waals surface area contributed by atoms with Crippen molar-refractivity contribution < 1.29 is 17.0 Å². The predicted octanol–water partition coefficient (Wildman–Crippen LogP) is 6.63. The third-order valence-electron chi connectivity index (χ3n) is 9.24. The quantitative estimate of drug-likeness (QED) is 0.211. The monoisotopic (exact) mass is 584 g/mol. The SMILES string of the molecule is CCOS(=O)(=O)CC[C@@H]1C[C@@H](n2ccc3c(N[C@H]4CCc5ccccc54)ncnc32)C[C@@H]1O[Si](C)(C)C(C)(C)C. The van der Waals surface area contributed by atoms with Crippen LogP contribution in [0.1, 0.15) is 76.6 Å². The molecule has 1 fully saturated rings. The lowest BCUT2D eigenvalue weighted by atomic mass is 10.0. The maximum Gasteiger partial charge on any atom is 0.267 e. The second-order valence-electron chi connectivity index (χ2n) is 12.9. The Hall–Kier alpha value is -2.27. The Balaban J connectivity index is 1.39. The Morgan fingerprint density at radius 2 is 1.90 bits per heavy atom. The van der Waals surface area contributed by atoms with Gasteiger partial charge in [0.2, 0.25) is 0 Å². The maximum atomic E-state index is 12.4. The van der Waals surface area contributed by atoms with E-state index in [1.165, 1.54) is 11.1 Å². The van der Waals surface area contributed by atoms with Gasteiger partial charge >= 0.3 is 0 Å². The molecule has 8 nitrogen and oxygen atoms in total. The lowest BCUT2D eigenvalue weighted by Crippen LogP contribution is -2.45. The Labute approximate surface area is 240 Å². The molecule has 218 valence electrons. The van der Waals surface area contributed by atoms with Crippen LogP contribution in [0.15, 0.2) is 42.9 Å². The molecule has 5 rings (SSSR count). The molecule has 2 heterocycles. The van der Waals surface area contributed by atoms with Crippen LogP contribution in [0, 0.1) is 5.92 Å². The molecule has 2 aromatic heterocycles. The minimum Gasteiger partial charge on any atom is -0.414 e. The van der Waals surface area contributed by atoms with Crippen LogP contribution in [0.2, 0.25) is 18.1 Å². The fraction of sp³-hybridized carbons (Fsp3) is 0.600. The Morgan fingerprint density at radius 3 is 2.65 bits per heavy atom. The fourth-order valence-electron chi connectivity index (χ4n) is 6.08. The first-order valence-corrected chi connectivity index (χ1v) is 19.1. The zero-order valence-corrected chi connectivity index (χ0v) is 26.5. The van der Waals surface area contributed by atoms with E-state index in [2.05, 4.69) is 85.3 Å². The van der Waals surface area contributed by atoms with Gasteiger partial charge in [0.15, 0.2) is 8.32 Å². The van der Waals surface area contributed by atoms with Gasteiger partial charge in [-0.1, -0.05) is 45.0 Å². The summed E-state index contributed by atoms with van der Waals surface area (Å²) in [6, 6.07) is 11.1. The molecule has 1 saturated carbocycles. The summed E-state index contributed by atoms with van der Waals surface area (Å²) < 4.78 is 39.0. The van der Waals surface area contributed by atoms with Gasteiger partial charge in [-0.2, -0.15) is 8.42 Å². The van der Waals surface area contributed by atoms with E-state index >= 15 is 0 Å². The highest BCUT2D eigenvalue weighted by atomic mass is 32.2. The summed E-state index contributed by atoms with van der Waals surface area (Å²) in [4.78, 5) is 9.33. The van der Waals surface area contributed by atoms with E-state index in [9.17, 15) is 8.42 Å². The van der Waals surface area contributed by atoms with Gasteiger partial charge in [-0.25, -0.2) is 9.97 Å². The van der Waals surface area contributed by atoms with Crippen molar-refractivity contribution in [3.8, 4) is 0 Å². The van der Waals surface area contributed by atoms with E-state index in [4.69, 9.17) is 13.6 Å². The second kappa shape index (κ2) is 11.2. The van der Waals surface area contributed by atoms with Gasteiger partial charge in [0.1, 0.15) is 17.8 Å². The zero-order chi connectivity index (χ0) is 28.7. The summed E-state index contributed by atoms with van der Waals surface area (Å²) in [6.45, 7) is 13.1. The minimum absolute atomic E-state index is 0.00501. The van der Waals surface area contributed by atoms with E-state index in [1.807, 2.05) is 0 Å². The fourth-order valence-corrected chi connectivity index (χ4v) is 8.54. The largest absolute Gasteiger partial charge is 0.414 e. The topological polar surface area (TPSA) is 95.3 Å². The smallest absolute Gasteiger partial charge is 0.267 e. The van der Waals surface area contributed by atoms with Crippen LogP contribution in [0.5, 0.6) is 0 Å². The van der Waals surface area contributed by atoms with Crippen molar-refractivity contribution in [2.45, 2.75) is 96.1 Å². The molecule has 1 N–H and O–H groups in total. The molecule has 10 heteroatoms.